The number of rotatable bonds is 4. The van der Waals surface area contributed by atoms with E-state index in [1.807, 2.05) is 30.3 Å². The molecule has 2 heterocycles. The highest BCUT2D eigenvalue weighted by Crippen LogP contribution is 2.37. The fourth-order valence-corrected chi connectivity index (χ4v) is 3.91. The predicted molar refractivity (Wildman–Crippen MR) is 84.8 cm³/mol. The molecule has 2 fully saturated rings. The minimum Gasteiger partial charge on any atom is -0.480 e. The van der Waals surface area contributed by atoms with Crippen molar-refractivity contribution in [3.8, 4) is 0 Å². The van der Waals surface area contributed by atoms with E-state index in [9.17, 15) is 14.7 Å². The van der Waals surface area contributed by atoms with E-state index < -0.39 is 17.6 Å². The molecule has 2 N–H and O–H groups in total. The summed E-state index contributed by atoms with van der Waals surface area (Å²) in [5, 5.41) is 12.6. The number of hydrogen-bond acceptors (Lipinski definition) is 3. The molecule has 0 unspecified atom stereocenters. The highest BCUT2D eigenvalue weighted by molar-refractivity contribution is 6.61. The lowest BCUT2D eigenvalue weighted by Crippen LogP contribution is -2.66. The second-order valence-electron chi connectivity index (χ2n) is 6.33. The third kappa shape index (κ3) is 2.41. The normalized spacial score (nSPS) is 27.9. The van der Waals surface area contributed by atoms with E-state index >= 15 is 0 Å². The van der Waals surface area contributed by atoms with Gasteiger partial charge in [0.1, 0.15) is 11.6 Å². The van der Waals surface area contributed by atoms with Gasteiger partial charge in [0, 0.05) is 0 Å². The van der Waals surface area contributed by atoms with Gasteiger partial charge in [-0.05, 0) is 31.9 Å². The van der Waals surface area contributed by atoms with Gasteiger partial charge in [0.25, 0.3) is 6.85 Å². The fraction of sp³-hybridized carbons (Fsp3) is 0.500. The van der Waals surface area contributed by atoms with E-state index in [1.165, 1.54) is 0 Å². The molecule has 0 radical (unpaired) electrons. The first-order valence-electron chi connectivity index (χ1n) is 7.86. The van der Waals surface area contributed by atoms with Crippen LogP contribution < -0.4 is 5.32 Å². The minimum absolute atomic E-state index is 0.0556. The van der Waals surface area contributed by atoms with Crippen molar-refractivity contribution in [3.05, 3.63) is 35.9 Å². The molecule has 0 saturated carbocycles. The molecule has 2 atom stereocenters. The molecular weight excluding hydrogens is 279 g/mol. The van der Waals surface area contributed by atoms with Crippen LogP contribution in [0.2, 0.25) is 12.6 Å². The predicted octanol–water partition coefficient (Wildman–Crippen LogP) is 1.27. The highest BCUT2D eigenvalue weighted by Gasteiger charge is 2.53. The molecule has 0 bridgehead atoms. The number of nitrogens with one attached hydrogen (secondary N) is 1. The Morgan fingerprint density at radius 1 is 1.41 bits per heavy atom. The monoisotopic (exact) mass is 300 g/mol. The van der Waals surface area contributed by atoms with Crippen LogP contribution in [0.4, 0.5) is 0 Å². The molecule has 6 heteroatoms. The molecule has 2 saturated heterocycles. The number of carbonyl (C=O) groups is 2. The third-order valence-electron chi connectivity index (χ3n) is 5.16. The molecule has 0 aromatic heterocycles. The lowest BCUT2D eigenvalue weighted by atomic mass is 9.51. The molecule has 22 heavy (non-hydrogen) atoms. The zero-order valence-corrected chi connectivity index (χ0v) is 12.8. The van der Waals surface area contributed by atoms with Gasteiger partial charge in [-0.25, -0.2) is 0 Å². The summed E-state index contributed by atoms with van der Waals surface area (Å²) >= 11 is 0. The van der Waals surface area contributed by atoms with Crippen LogP contribution in [-0.4, -0.2) is 47.3 Å². The first kappa shape index (κ1) is 15.1. The molecule has 3 rings (SSSR count). The lowest BCUT2D eigenvalue weighted by molar-refractivity contribution is -0.148. The van der Waals surface area contributed by atoms with E-state index in [0.717, 1.165) is 24.6 Å². The Morgan fingerprint density at radius 2 is 2.14 bits per heavy atom. The number of carbonyl (C=O) groups excluding carboxylic acids is 1. The summed E-state index contributed by atoms with van der Waals surface area (Å²) in [6.07, 6.45) is 3.58. The van der Waals surface area contributed by atoms with Crippen molar-refractivity contribution in [3.63, 3.8) is 0 Å². The summed E-state index contributed by atoms with van der Waals surface area (Å²) in [7, 11) is 1.80. The van der Waals surface area contributed by atoms with Crippen molar-refractivity contribution < 1.29 is 14.7 Å². The largest absolute Gasteiger partial charge is 0.480 e. The summed E-state index contributed by atoms with van der Waals surface area (Å²) in [6.45, 7) is 0.0887. The van der Waals surface area contributed by atoms with Crippen molar-refractivity contribution in [2.75, 3.05) is 7.05 Å². The molecule has 0 spiro atoms. The number of carboxylic acids is 1. The number of fused-ring (bicyclic) bond motifs is 1. The van der Waals surface area contributed by atoms with Gasteiger partial charge in [0.2, 0.25) is 5.91 Å². The highest BCUT2D eigenvalue weighted by atomic mass is 16.4. The maximum Gasteiger partial charge on any atom is 0.325 e. The van der Waals surface area contributed by atoms with Crippen LogP contribution >= 0.6 is 0 Å². The Bertz CT molecular complexity index is 580. The van der Waals surface area contributed by atoms with Gasteiger partial charge in [0.15, 0.2) is 0 Å². The van der Waals surface area contributed by atoms with Crippen LogP contribution in [0, 0.1) is 0 Å². The summed E-state index contributed by atoms with van der Waals surface area (Å²) in [4.78, 5) is 26.2. The first-order valence-corrected chi connectivity index (χ1v) is 7.86. The smallest absolute Gasteiger partial charge is 0.325 e. The number of aliphatic carboxylic acids is 1. The fourth-order valence-electron chi connectivity index (χ4n) is 3.91. The zero-order valence-electron chi connectivity index (χ0n) is 12.8. The topological polar surface area (TPSA) is 69.6 Å². The Labute approximate surface area is 130 Å². The SMILES string of the molecule is CN[C@@]1(Cc2ccccc2)CCB2CC[C@@H](C(=O)O)N2C1=O. The molecule has 1 aromatic rings. The number of carboxylic acid groups (broad SMARTS) is 1. The van der Waals surface area contributed by atoms with E-state index in [4.69, 9.17) is 0 Å². The standard InChI is InChI=1S/C16H21BN2O3/c1-18-16(11-12-5-3-2-4-6-12)8-10-17-9-7-13(14(20)21)19(17)15(16)22/h2-6,13,18H,7-11H2,1H3,(H,20,21)/t13-,16+/m0/s1. The van der Waals surface area contributed by atoms with Gasteiger partial charge >= 0.3 is 5.97 Å². The van der Waals surface area contributed by atoms with Crippen LogP contribution in [0.1, 0.15) is 18.4 Å². The molecule has 116 valence electrons. The first-order chi connectivity index (χ1) is 10.6. The minimum atomic E-state index is -0.887. The summed E-state index contributed by atoms with van der Waals surface area (Å²) in [5.74, 6) is -0.942. The summed E-state index contributed by atoms with van der Waals surface area (Å²) in [6, 6.07) is 9.24. The Kier molecular flexibility index (Phi) is 3.95. The molecular formula is C16H21BN2O3. The lowest BCUT2D eigenvalue weighted by Gasteiger charge is -2.44. The van der Waals surface area contributed by atoms with Gasteiger partial charge in [-0.15, -0.1) is 0 Å². The van der Waals surface area contributed by atoms with Crippen molar-refractivity contribution in [1.82, 2.24) is 10.1 Å². The molecule has 1 aromatic carbocycles. The number of hydrogen-bond donors (Lipinski definition) is 2. The van der Waals surface area contributed by atoms with E-state index in [2.05, 4.69) is 5.32 Å². The van der Waals surface area contributed by atoms with Crippen molar-refractivity contribution >= 4 is 18.7 Å². The maximum atomic E-state index is 13.1. The van der Waals surface area contributed by atoms with Crippen molar-refractivity contribution in [2.45, 2.75) is 43.5 Å². The third-order valence-corrected chi connectivity index (χ3v) is 5.16. The number of amides is 1. The van der Waals surface area contributed by atoms with Crippen molar-refractivity contribution in [1.29, 1.82) is 0 Å². The maximum absolute atomic E-state index is 13.1. The number of nitrogens with zero attached hydrogens (tertiary/aromatic N) is 1. The second kappa shape index (κ2) is 5.76. The summed E-state index contributed by atoms with van der Waals surface area (Å²) in [5.41, 5.74) is 0.408. The molecule has 2 aliphatic heterocycles. The van der Waals surface area contributed by atoms with Crippen LogP contribution in [0.3, 0.4) is 0 Å². The number of benzene rings is 1. The Balaban J connectivity index is 1.89. The van der Waals surface area contributed by atoms with Gasteiger partial charge < -0.3 is 15.2 Å². The van der Waals surface area contributed by atoms with Gasteiger partial charge in [0.05, 0.1) is 0 Å². The van der Waals surface area contributed by atoms with Gasteiger partial charge in [-0.1, -0.05) is 43.0 Å². The van der Waals surface area contributed by atoms with E-state index in [1.54, 1.807) is 11.9 Å². The molecule has 2 aliphatic rings. The van der Waals surface area contributed by atoms with Gasteiger partial charge in [-0.3, -0.25) is 9.59 Å². The second-order valence-corrected chi connectivity index (χ2v) is 6.33. The van der Waals surface area contributed by atoms with Crippen LogP contribution in [-0.2, 0) is 16.0 Å². The number of likely N-dealkylation sites (N-methyl/N-ethyl adjacent to an activating group) is 1. The quantitative estimate of drug-likeness (QED) is 0.822. The zero-order chi connectivity index (χ0) is 15.7. The average Bonchev–Trinajstić information content (AvgIpc) is 2.96. The summed E-state index contributed by atoms with van der Waals surface area (Å²) < 4.78 is 0. The van der Waals surface area contributed by atoms with Gasteiger partial charge in [-0.2, -0.15) is 0 Å². The Morgan fingerprint density at radius 3 is 2.77 bits per heavy atom. The average molecular weight is 300 g/mol. The molecule has 0 aliphatic carbocycles. The molecule has 5 nitrogen and oxygen atoms in total. The molecule has 1 amide bonds. The van der Waals surface area contributed by atoms with Crippen LogP contribution in [0.15, 0.2) is 30.3 Å². The van der Waals surface area contributed by atoms with Crippen molar-refractivity contribution in [2.24, 2.45) is 0 Å². The van der Waals surface area contributed by atoms with E-state index in [-0.39, 0.29) is 12.8 Å². The van der Waals surface area contributed by atoms with E-state index in [0.29, 0.717) is 12.8 Å². The Hall–Kier alpha value is -1.82. The van der Waals surface area contributed by atoms with Crippen LogP contribution in [0.5, 0.6) is 0 Å². The van der Waals surface area contributed by atoms with Crippen LogP contribution in [0.25, 0.3) is 0 Å².